The maximum atomic E-state index is 11.9. The van der Waals surface area contributed by atoms with Crippen LogP contribution in [0.15, 0.2) is 4.79 Å². The Labute approximate surface area is 104 Å². The van der Waals surface area contributed by atoms with Crippen molar-refractivity contribution >= 4 is 5.91 Å². The summed E-state index contributed by atoms with van der Waals surface area (Å²) in [6.07, 6.45) is 5.39. The third-order valence-electron chi connectivity index (χ3n) is 3.62. The van der Waals surface area contributed by atoms with Gasteiger partial charge in [-0.15, -0.1) is 0 Å². The summed E-state index contributed by atoms with van der Waals surface area (Å²) >= 11 is 0. The van der Waals surface area contributed by atoms with Crippen molar-refractivity contribution in [1.29, 1.82) is 0 Å². The molecule has 1 saturated carbocycles. The maximum absolute atomic E-state index is 11.9. The predicted octanol–water partition coefficient (Wildman–Crippen LogP) is 0.851. The zero-order valence-corrected chi connectivity index (χ0v) is 10.1. The second-order valence-corrected chi connectivity index (χ2v) is 5.09. The molecule has 0 unspecified atom stereocenters. The Bertz CT molecular complexity index is 558. The number of hydrogen-bond acceptors (Lipinski definition) is 3. The number of rotatable bonds is 2. The van der Waals surface area contributed by atoms with Crippen molar-refractivity contribution in [2.24, 2.45) is 0 Å². The number of aromatic nitrogens is 1. The Morgan fingerprint density at radius 2 is 2.00 bits per heavy atom. The zero-order chi connectivity index (χ0) is 12.7. The van der Waals surface area contributed by atoms with Gasteiger partial charge in [0.25, 0.3) is 11.5 Å². The van der Waals surface area contributed by atoms with E-state index in [2.05, 4.69) is 10.3 Å². The molecule has 96 valence electrons. The van der Waals surface area contributed by atoms with E-state index in [1.54, 1.807) is 0 Å². The van der Waals surface area contributed by atoms with Crippen molar-refractivity contribution in [2.45, 2.75) is 44.6 Å². The lowest BCUT2D eigenvalue weighted by molar-refractivity contribution is 0.0946. The summed E-state index contributed by atoms with van der Waals surface area (Å²) in [4.78, 5) is 26.5. The molecule has 2 aliphatic carbocycles. The van der Waals surface area contributed by atoms with Crippen LogP contribution >= 0.6 is 0 Å². The summed E-state index contributed by atoms with van der Waals surface area (Å²) in [6.45, 7) is 0. The second-order valence-electron chi connectivity index (χ2n) is 5.09. The van der Waals surface area contributed by atoms with Crippen LogP contribution in [0.4, 0.5) is 0 Å². The first-order chi connectivity index (χ1) is 8.66. The number of hydrogen-bond donors (Lipinski definition) is 3. The number of aromatic hydroxyl groups is 1. The number of aryl methyl sites for hydroxylation is 1. The van der Waals surface area contributed by atoms with Gasteiger partial charge in [-0.05, 0) is 38.5 Å². The molecule has 0 bridgehead atoms. The van der Waals surface area contributed by atoms with Crippen molar-refractivity contribution in [3.05, 3.63) is 27.2 Å². The Kier molecular flexibility index (Phi) is 2.61. The average molecular weight is 248 g/mol. The molecule has 0 radical (unpaired) electrons. The van der Waals surface area contributed by atoms with Crippen LogP contribution in [0.25, 0.3) is 0 Å². The molecule has 2 aliphatic rings. The van der Waals surface area contributed by atoms with Gasteiger partial charge >= 0.3 is 0 Å². The van der Waals surface area contributed by atoms with Gasteiger partial charge in [-0.1, -0.05) is 0 Å². The molecule has 3 N–H and O–H groups in total. The van der Waals surface area contributed by atoms with E-state index in [4.69, 9.17) is 0 Å². The first-order valence-corrected chi connectivity index (χ1v) is 6.44. The van der Waals surface area contributed by atoms with Crippen LogP contribution < -0.4 is 10.9 Å². The fourth-order valence-electron chi connectivity index (χ4n) is 2.46. The molecule has 3 rings (SSSR count). The highest BCUT2D eigenvalue weighted by molar-refractivity contribution is 5.97. The summed E-state index contributed by atoms with van der Waals surface area (Å²) in [5, 5.41) is 12.9. The molecule has 1 aromatic heterocycles. The molecular weight excluding hydrogens is 232 g/mol. The largest absolute Gasteiger partial charge is 0.507 e. The highest BCUT2D eigenvalue weighted by atomic mass is 16.3. The number of pyridine rings is 1. The summed E-state index contributed by atoms with van der Waals surface area (Å²) in [5.41, 5.74) is 0.919. The Hall–Kier alpha value is -1.78. The van der Waals surface area contributed by atoms with Crippen LogP contribution in [0.5, 0.6) is 5.75 Å². The average Bonchev–Trinajstić information content (AvgIpc) is 3.13. The monoisotopic (exact) mass is 248 g/mol. The third kappa shape index (κ3) is 1.89. The Morgan fingerprint density at radius 3 is 2.72 bits per heavy atom. The normalized spacial score (nSPS) is 18.2. The molecule has 1 heterocycles. The lowest BCUT2D eigenvalue weighted by atomic mass is 9.93. The molecule has 1 aromatic rings. The molecule has 5 nitrogen and oxygen atoms in total. The van der Waals surface area contributed by atoms with Gasteiger partial charge in [0, 0.05) is 17.3 Å². The third-order valence-corrected chi connectivity index (χ3v) is 3.62. The van der Waals surface area contributed by atoms with E-state index in [9.17, 15) is 14.7 Å². The minimum absolute atomic E-state index is 0.119. The number of nitrogens with one attached hydrogen (secondary N) is 2. The number of H-pyrrole nitrogens is 1. The molecule has 0 saturated heterocycles. The van der Waals surface area contributed by atoms with Crippen molar-refractivity contribution in [2.75, 3.05) is 0 Å². The van der Waals surface area contributed by atoms with E-state index in [0.29, 0.717) is 0 Å². The minimum Gasteiger partial charge on any atom is -0.507 e. The van der Waals surface area contributed by atoms with Crippen LogP contribution in [0.3, 0.4) is 0 Å². The second kappa shape index (κ2) is 4.15. The fraction of sp³-hybridized carbons (Fsp3) is 0.538. The van der Waals surface area contributed by atoms with E-state index >= 15 is 0 Å². The number of aromatic amines is 1. The van der Waals surface area contributed by atoms with Gasteiger partial charge in [0.15, 0.2) is 0 Å². The van der Waals surface area contributed by atoms with Crippen LogP contribution in [-0.4, -0.2) is 22.0 Å². The summed E-state index contributed by atoms with van der Waals surface area (Å²) < 4.78 is 0. The van der Waals surface area contributed by atoms with Crippen LogP contribution in [-0.2, 0) is 12.8 Å². The summed E-state index contributed by atoms with van der Waals surface area (Å²) in [5.74, 6) is -0.573. The standard InChI is InChI=1S/C13H16N2O3/c16-11-8-3-1-2-4-9(8)15-13(18)10(11)12(17)14-7-5-6-7/h7H,1-6H2,(H,14,17)(H2,15,16,18). The van der Waals surface area contributed by atoms with Crippen molar-refractivity contribution in [1.82, 2.24) is 10.3 Å². The first-order valence-electron chi connectivity index (χ1n) is 6.44. The smallest absolute Gasteiger partial charge is 0.264 e. The number of carbonyl (C=O) groups is 1. The van der Waals surface area contributed by atoms with E-state index in [-0.39, 0.29) is 17.4 Å². The van der Waals surface area contributed by atoms with Crippen molar-refractivity contribution < 1.29 is 9.90 Å². The topological polar surface area (TPSA) is 82.2 Å². The molecule has 0 aliphatic heterocycles. The quantitative estimate of drug-likeness (QED) is 0.725. The van der Waals surface area contributed by atoms with Gasteiger partial charge in [-0.25, -0.2) is 0 Å². The molecule has 0 atom stereocenters. The number of amides is 1. The fourth-order valence-corrected chi connectivity index (χ4v) is 2.46. The first kappa shape index (κ1) is 11.3. The van der Waals surface area contributed by atoms with Gasteiger partial charge in [0.2, 0.25) is 0 Å². The van der Waals surface area contributed by atoms with Crippen LogP contribution in [0.2, 0.25) is 0 Å². The molecule has 1 fully saturated rings. The SMILES string of the molecule is O=C(NC1CC1)c1c(O)c2c([nH]c1=O)CCCC2. The zero-order valence-electron chi connectivity index (χ0n) is 10.1. The van der Waals surface area contributed by atoms with E-state index in [1.165, 1.54) is 0 Å². The molecule has 5 heteroatoms. The highest BCUT2D eigenvalue weighted by Crippen LogP contribution is 2.29. The van der Waals surface area contributed by atoms with E-state index in [0.717, 1.165) is 49.8 Å². The molecule has 0 spiro atoms. The van der Waals surface area contributed by atoms with Crippen LogP contribution in [0, 0.1) is 0 Å². The molecule has 0 aromatic carbocycles. The van der Waals surface area contributed by atoms with E-state index < -0.39 is 11.5 Å². The van der Waals surface area contributed by atoms with Crippen LogP contribution in [0.1, 0.15) is 47.3 Å². The van der Waals surface area contributed by atoms with Crippen molar-refractivity contribution in [3.63, 3.8) is 0 Å². The van der Waals surface area contributed by atoms with Gasteiger partial charge in [-0.2, -0.15) is 0 Å². The molecule has 1 amide bonds. The summed E-state index contributed by atoms with van der Waals surface area (Å²) in [7, 11) is 0. The lowest BCUT2D eigenvalue weighted by Crippen LogP contribution is -2.32. The summed E-state index contributed by atoms with van der Waals surface area (Å²) in [6, 6.07) is 0.173. The predicted molar refractivity (Wildman–Crippen MR) is 65.9 cm³/mol. The number of fused-ring (bicyclic) bond motifs is 1. The highest BCUT2D eigenvalue weighted by Gasteiger charge is 2.28. The van der Waals surface area contributed by atoms with Gasteiger partial charge < -0.3 is 15.4 Å². The Morgan fingerprint density at radius 1 is 1.28 bits per heavy atom. The molecule has 18 heavy (non-hydrogen) atoms. The minimum atomic E-state index is -0.480. The van der Waals surface area contributed by atoms with E-state index in [1.807, 2.05) is 0 Å². The van der Waals surface area contributed by atoms with Crippen molar-refractivity contribution in [3.8, 4) is 5.75 Å². The molecular formula is C13H16N2O3. The van der Waals surface area contributed by atoms with Gasteiger partial charge in [0.1, 0.15) is 11.3 Å². The number of carbonyl (C=O) groups excluding carboxylic acids is 1. The maximum Gasteiger partial charge on any atom is 0.264 e. The Balaban J connectivity index is 2.02. The lowest BCUT2D eigenvalue weighted by Gasteiger charge is -2.18. The van der Waals surface area contributed by atoms with Gasteiger partial charge in [-0.3, -0.25) is 9.59 Å². The van der Waals surface area contributed by atoms with Gasteiger partial charge in [0.05, 0.1) is 0 Å².